The minimum Gasteiger partial charge on any atom is -0.395 e. The maximum atomic E-state index is 9.93. The Morgan fingerprint density at radius 2 is 1.87 bits per heavy atom. The molecule has 1 aromatic carbocycles. The second kappa shape index (κ2) is 9.49. The maximum Gasteiger partial charge on any atom is 0.105 e. The Kier molecular flexibility index (Phi) is 7.31. The molecule has 4 heteroatoms. The molecule has 0 aliphatic carbocycles. The van der Waals surface area contributed by atoms with Gasteiger partial charge in [0.2, 0.25) is 0 Å². The second-order valence-corrected chi connectivity index (χ2v) is 6.60. The molecule has 0 spiro atoms. The Morgan fingerprint density at radius 3 is 2.61 bits per heavy atom. The molecule has 0 radical (unpaired) electrons. The summed E-state index contributed by atoms with van der Waals surface area (Å²) in [5, 5.41) is 18.9. The van der Waals surface area contributed by atoms with Crippen LogP contribution in [0.25, 0.3) is 0 Å². The van der Waals surface area contributed by atoms with E-state index >= 15 is 0 Å². The van der Waals surface area contributed by atoms with Crippen LogP contribution in [0.5, 0.6) is 0 Å². The van der Waals surface area contributed by atoms with Crippen molar-refractivity contribution in [3.63, 3.8) is 0 Å². The number of nitrogens with two attached hydrogens (primary N) is 1. The fourth-order valence-electron chi connectivity index (χ4n) is 2.23. The highest BCUT2D eigenvalue weighted by molar-refractivity contribution is 7.12. The summed E-state index contributed by atoms with van der Waals surface area (Å²) >= 11 is 1.43. The van der Waals surface area contributed by atoms with E-state index in [0.717, 1.165) is 35.4 Å². The van der Waals surface area contributed by atoms with Gasteiger partial charge >= 0.3 is 0 Å². The van der Waals surface area contributed by atoms with E-state index in [1.54, 1.807) is 0 Å². The van der Waals surface area contributed by atoms with Crippen LogP contribution in [0.4, 0.5) is 0 Å². The predicted octanol–water partition coefficient (Wildman–Crippen LogP) is 2.87. The average molecular weight is 329 g/mol. The number of aliphatic hydroxyl groups is 2. The minimum absolute atomic E-state index is 0.235. The first-order valence-electron chi connectivity index (χ1n) is 7.87. The van der Waals surface area contributed by atoms with E-state index in [4.69, 9.17) is 10.8 Å². The summed E-state index contributed by atoms with van der Waals surface area (Å²) in [5.74, 6) is 6.31. The van der Waals surface area contributed by atoms with Gasteiger partial charge in [0, 0.05) is 11.3 Å². The van der Waals surface area contributed by atoms with Crippen LogP contribution < -0.4 is 5.73 Å². The molecule has 0 aliphatic heterocycles. The fourth-order valence-corrected chi connectivity index (χ4v) is 3.17. The molecule has 0 bridgehead atoms. The van der Waals surface area contributed by atoms with Crippen molar-refractivity contribution in [2.45, 2.75) is 37.8 Å². The van der Waals surface area contributed by atoms with Gasteiger partial charge in [-0.1, -0.05) is 42.2 Å². The summed E-state index contributed by atoms with van der Waals surface area (Å²) in [6, 6.07) is 13.6. The summed E-state index contributed by atoms with van der Waals surface area (Å²) in [7, 11) is 0. The van der Waals surface area contributed by atoms with Crippen molar-refractivity contribution >= 4 is 11.3 Å². The van der Waals surface area contributed by atoms with E-state index in [-0.39, 0.29) is 6.61 Å². The lowest BCUT2D eigenvalue weighted by Crippen LogP contribution is -2.31. The molecule has 0 fully saturated rings. The Morgan fingerprint density at radius 1 is 1.09 bits per heavy atom. The lowest BCUT2D eigenvalue weighted by Gasteiger charge is -2.14. The van der Waals surface area contributed by atoms with Crippen LogP contribution in [-0.4, -0.2) is 22.9 Å². The molecule has 122 valence electrons. The van der Waals surface area contributed by atoms with E-state index < -0.39 is 12.1 Å². The standard InChI is InChI=1S/C19H23NO2S/c20-17(14-21)19(22)18-13-12-16(23-18)11-7-2-1-4-8-15-9-5-3-6-10-15/h3,5-6,9-10,12-13,17,19,21-22H,1-2,4,8,14,20H2. The normalized spacial score (nSPS) is 13.2. The van der Waals surface area contributed by atoms with Crippen molar-refractivity contribution in [1.29, 1.82) is 0 Å². The van der Waals surface area contributed by atoms with Gasteiger partial charge in [0.15, 0.2) is 0 Å². The Balaban J connectivity index is 1.74. The van der Waals surface area contributed by atoms with Gasteiger partial charge in [-0.2, -0.15) is 0 Å². The molecular formula is C19H23NO2S. The molecule has 0 saturated heterocycles. The van der Waals surface area contributed by atoms with Gasteiger partial charge in [0.05, 0.1) is 17.5 Å². The quantitative estimate of drug-likeness (QED) is 0.540. The van der Waals surface area contributed by atoms with Crippen molar-refractivity contribution in [3.8, 4) is 11.8 Å². The van der Waals surface area contributed by atoms with Gasteiger partial charge in [-0.05, 0) is 37.0 Å². The number of hydrogen-bond acceptors (Lipinski definition) is 4. The number of unbranched alkanes of at least 4 members (excludes halogenated alkanes) is 2. The highest BCUT2D eigenvalue weighted by atomic mass is 32.1. The van der Waals surface area contributed by atoms with Crippen molar-refractivity contribution in [3.05, 3.63) is 57.8 Å². The maximum absolute atomic E-state index is 9.93. The monoisotopic (exact) mass is 329 g/mol. The van der Waals surface area contributed by atoms with E-state index in [2.05, 4.69) is 36.1 Å². The zero-order valence-electron chi connectivity index (χ0n) is 13.1. The summed E-state index contributed by atoms with van der Waals surface area (Å²) in [5.41, 5.74) is 7.00. The second-order valence-electron chi connectivity index (χ2n) is 5.49. The van der Waals surface area contributed by atoms with Crippen LogP contribution in [-0.2, 0) is 6.42 Å². The first-order chi connectivity index (χ1) is 11.2. The van der Waals surface area contributed by atoms with Crippen molar-refractivity contribution in [2.24, 2.45) is 5.73 Å². The van der Waals surface area contributed by atoms with Gasteiger partial charge < -0.3 is 15.9 Å². The van der Waals surface area contributed by atoms with Gasteiger partial charge in [-0.25, -0.2) is 0 Å². The molecule has 2 rings (SSSR count). The van der Waals surface area contributed by atoms with Crippen molar-refractivity contribution in [1.82, 2.24) is 0 Å². The third-order valence-corrected chi connectivity index (χ3v) is 4.68. The molecule has 0 amide bonds. The predicted molar refractivity (Wildman–Crippen MR) is 95.2 cm³/mol. The summed E-state index contributed by atoms with van der Waals surface area (Å²) in [4.78, 5) is 1.67. The van der Waals surface area contributed by atoms with Gasteiger partial charge in [-0.15, -0.1) is 11.3 Å². The Labute approximate surface area is 141 Å². The number of rotatable bonds is 7. The Bertz CT molecular complexity index is 642. The van der Waals surface area contributed by atoms with Crippen LogP contribution in [0.1, 0.15) is 40.7 Å². The first kappa shape index (κ1) is 17.7. The highest BCUT2D eigenvalue weighted by Crippen LogP contribution is 2.24. The lowest BCUT2D eigenvalue weighted by molar-refractivity contribution is 0.112. The molecule has 4 N–H and O–H groups in total. The van der Waals surface area contributed by atoms with E-state index in [1.165, 1.54) is 16.9 Å². The van der Waals surface area contributed by atoms with E-state index in [1.807, 2.05) is 18.2 Å². The van der Waals surface area contributed by atoms with E-state index in [9.17, 15) is 5.11 Å². The topological polar surface area (TPSA) is 66.5 Å². The molecule has 2 aromatic rings. The molecule has 2 atom stereocenters. The molecule has 23 heavy (non-hydrogen) atoms. The largest absolute Gasteiger partial charge is 0.395 e. The van der Waals surface area contributed by atoms with Gasteiger partial charge in [0.25, 0.3) is 0 Å². The molecule has 0 aliphatic rings. The summed E-state index contributed by atoms with van der Waals surface area (Å²) in [6.07, 6.45) is 3.36. The van der Waals surface area contributed by atoms with Crippen LogP contribution in [0.15, 0.2) is 42.5 Å². The third kappa shape index (κ3) is 5.81. The molecule has 1 aromatic heterocycles. The van der Waals surface area contributed by atoms with Crippen LogP contribution >= 0.6 is 11.3 Å². The number of aryl methyl sites for hydroxylation is 1. The SMILES string of the molecule is NC(CO)C(O)c1ccc(C#CCCCCc2ccccc2)s1. The molecule has 3 nitrogen and oxygen atoms in total. The number of hydrogen-bond donors (Lipinski definition) is 3. The van der Waals surface area contributed by atoms with E-state index in [0.29, 0.717) is 0 Å². The first-order valence-corrected chi connectivity index (χ1v) is 8.69. The minimum atomic E-state index is -0.827. The van der Waals surface area contributed by atoms with Crippen LogP contribution in [0.2, 0.25) is 0 Å². The van der Waals surface area contributed by atoms with Gasteiger partial charge in [0.1, 0.15) is 6.10 Å². The Hall–Kier alpha value is -1.64. The number of benzene rings is 1. The van der Waals surface area contributed by atoms with Crippen LogP contribution in [0.3, 0.4) is 0 Å². The smallest absolute Gasteiger partial charge is 0.105 e. The highest BCUT2D eigenvalue weighted by Gasteiger charge is 2.17. The third-order valence-electron chi connectivity index (χ3n) is 3.61. The van der Waals surface area contributed by atoms with Crippen molar-refractivity contribution < 1.29 is 10.2 Å². The zero-order chi connectivity index (χ0) is 16.5. The average Bonchev–Trinajstić information content (AvgIpc) is 3.06. The molecule has 2 unspecified atom stereocenters. The lowest BCUT2D eigenvalue weighted by atomic mass is 10.1. The summed E-state index contributed by atoms with van der Waals surface area (Å²) in [6.45, 7) is -0.235. The molecule has 1 heterocycles. The van der Waals surface area contributed by atoms with Crippen LogP contribution in [0, 0.1) is 11.8 Å². The number of aliphatic hydroxyl groups excluding tert-OH is 2. The van der Waals surface area contributed by atoms with Gasteiger partial charge in [-0.3, -0.25) is 0 Å². The fraction of sp³-hybridized carbons (Fsp3) is 0.368. The number of thiophene rings is 1. The zero-order valence-corrected chi connectivity index (χ0v) is 13.9. The summed E-state index contributed by atoms with van der Waals surface area (Å²) < 4.78 is 0. The van der Waals surface area contributed by atoms with Crippen molar-refractivity contribution in [2.75, 3.05) is 6.61 Å². The molecular weight excluding hydrogens is 306 g/mol. The molecule has 0 saturated carbocycles.